The van der Waals surface area contributed by atoms with E-state index in [0.29, 0.717) is 0 Å². The van der Waals surface area contributed by atoms with E-state index in [1.165, 1.54) is 7.11 Å². The first-order valence-corrected chi connectivity index (χ1v) is 14.6. The highest BCUT2D eigenvalue weighted by Gasteiger charge is 2.49. The maximum Gasteiger partial charge on any atom is 0.472 e. The topological polar surface area (TPSA) is 111 Å². The zero-order chi connectivity index (χ0) is 27.3. The molecule has 36 heavy (non-hydrogen) atoms. The van der Waals surface area contributed by atoms with Crippen molar-refractivity contribution in [3.05, 3.63) is 0 Å². The smallest absolute Gasteiger partial charge is 0.377 e. The molecule has 10 nitrogen and oxygen atoms in total. The van der Waals surface area contributed by atoms with Gasteiger partial charge in [-0.1, -0.05) is 20.8 Å². The fourth-order valence-corrected chi connectivity index (χ4v) is 5.51. The summed E-state index contributed by atoms with van der Waals surface area (Å²) < 4.78 is 59.7. The largest absolute Gasteiger partial charge is 0.472 e. The molecule has 0 aromatic rings. The number of phosphoric acid groups is 1. The highest BCUT2D eigenvalue weighted by Crippen LogP contribution is 2.48. The number of ether oxygens (including phenoxy) is 6. The molecule has 0 radical (unpaired) electrons. The van der Waals surface area contributed by atoms with Gasteiger partial charge in [0.25, 0.3) is 0 Å². The fourth-order valence-electron chi connectivity index (χ4n) is 4.55. The van der Waals surface area contributed by atoms with Crippen LogP contribution >= 0.6 is 7.82 Å². The minimum atomic E-state index is -4.51. The predicted molar refractivity (Wildman–Crippen MR) is 141 cm³/mol. The Bertz CT molecular complexity index is 725. The molecule has 0 spiro atoms. The fraction of sp³-hybridized carbons (Fsp3) is 1.00. The molecule has 0 saturated carbocycles. The summed E-state index contributed by atoms with van der Waals surface area (Å²) in [5.74, 6) is 0. The maximum atomic E-state index is 13.1. The van der Waals surface area contributed by atoms with E-state index in [1.807, 2.05) is 43.4 Å². The molecule has 9 atom stereocenters. The van der Waals surface area contributed by atoms with Gasteiger partial charge in [-0.15, -0.1) is 0 Å². The van der Waals surface area contributed by atoms with Gasteiger partial charge in [0.15, 0.2) is 0 Å². The van der Waals surface area contributed by atoms with Crippen molar-refractivity contribution in [1.29, 1.82) is 0 Å². The van der Waals surface area contributed by atoms with Crippen LogP contribution in [0.5, 0.6) is 0 Å². The average Bonchev–Trinajstić information content (AvgIpc) is 3.29. The van der Waals surface area contributed by atoms with Gasteiger partial charge in [-0.2, -0.15) is 0 Å². The third-order valence-electron chi connectivity index (χ3n) is 7.68. The minimum Gasteiger partial charge on any atom is -0.377 e. The molecule has 0 amide bonds. The second kappa shape index (κ2) is 13.4. The van der Waals surface area contributed by atoms with E-state index in [0.717, 1.165) is 19.3 Å². The van der Waals surface area contributed by atoms with E-state index >= 15 is 0 Å². The van der Waals surface area contributed by atoms with Crippen molar-refractivity contribution in [3.63, 3.8) is 0 Å². The van der Waals surface area contributed by atoms with Gasteiger partial charge in [-0.05, 0) is 40.0 Å². The molecule has 0 aromatic heterocycles. The summed E-state index contributed by atoms with van der Waals surface area (Å²) in [4.78, 5) is 10.7. The van der Waals surface area contributed by atoms with Crippen molar-refractivity contribution >= 4 is 23.5 Å². The van der Waals surface area contributed by atoms with E-state index in [-0.39, 0.29) is 36.9 Å². The zero-order valence-corrected chi connectivity index (χ0v) is 24.6. The molecular weight excluding hydrogens is 489 g/mol. The number of methoxy groups -OCH3 is 2. The second-order valence-electron chi connectivity index (χ2n) is 10.7. The molecule has 2 aliphatic rings. The Balaban J connectivity index is 2.09. The normalized spacial score (nSPS) is 35.2. The highest BCUT2D eigenvalue weighted by molar-refractivity contribution is 7.47. The lowest BCUT2D eigenvalue weighted by atomic mass is 9.92. The Morgan fingerprint density at radius 2 is 1.33 bits per heavy atom. The van der Waals surface area contributed by atoms with Crippen molar-refractivity contribution < 1.29 is 46.9 Å². The second-order valence-corrected chi connectivity index (χ2v) is 12.1. The third kappa shape index (κ3) is 8.25. The van der Waals surface area contributed by atoms with Crippen LogP contribution in [0.25, 0.3) is 0 Å². The number of hydrogen-bond donors (Lipinski definition) is 1. The standard InChI is InChI=1S/C23H47B2O10P/c1-9-22(4,5)34-16-15(33-20(24)18(16)28-7)13-31-36(26,27)35-17-14(32-21(25)19(17)29-8)12-30-23(6,10-2)11-3/h14-21H,9-13,24-25H2,1-8H3,(H,26,27). The Kier molecular flexibility index (Phi) is 12.0. The summed E-state index contributed by atoms with van der Waals surface area (Å²) in [7, 11) is 2.32. The molecule has 2 fully saturated rings. The van der Waals surface area contributed by atoms with E-state index in [1.54, 1.807) is 7.11 Å². The van der Waals surface area contributed by atoms with Crippen LogP contribution in [0.3, 0.4) is 0 Å². The highest BCUT2D eigenvalue weighted by atomic mass is 31.2. The summed E-state index contributed by atoms with van der Waals surface area (Å²) in [6.07, 6.45) is -0.972. The SMILES string of the molecule is BC1OC(COP(=O)(O)OC2C(COC(C)(CC)CC)OC(B)C2OC)C(OC(C)(C)CC)C1OC. The summed E-state index contributed by atoms with van der Waals surface area (Å²) in [5.41, 5.74) is -0.744. The van der Waals surface area contributed by atoms with Crippen LogP contribution in [0, 0.1) is 0 Å². The predicted octanol–water partition coefficient (Wildman–Crippen LogP) is 1.40. The van der Waals surface area contributed by atoms with Crippen LogP contribution < -0.4 is 0 Å². The molecule has 2 saturated heterocycles. The van der Waals surface area contributed by atoms with Crippen molar-refractivity contribution in [2.24, 2.45) is 0 Å². The van der Waals surface area contributed by atoms with Crippen molar-refractivity contribution in [3.8, 4) is 0 Å². The first kappa shape index (κ1) is 32.2. The van der Waals surface area contributed by atoms with E-state index in [4.69, 9.17) is 37.5 Å². The molecule has 13 heteroatoms. The monoisotopic (exact) mass is 536 g/mol. The van der Waals surface area contributed by atoms with Crippen LogP contribution in [0.4, 0.5) is 0 Å². The number of rotatable bonds is 15. The number of phosphoric ester groups is 1. The summed E-state index contributed by atoms with van der Waals surface area (Å²) in [6, 6.07) is -0.617. The molecule has 1 N–H and O–H groups in total. The van der Waals surface area contributed by atoms with Gasteiger partial charge in [-0.3, -0.25) is 9.05 Å². The van der Waals surface area contributed by atoms with Gasteiger partial charge in [0, 0.05) is 14.2 Å². The lowest BCUT2D eigenvalue weighted by Crippen LogP contribution is -2.44. The molecule has 0 aliphatic carbocycles. The Labute approximate surface area is 218 Å². The molecule has 2 rings (SSSR count). The molecule has 9 unspecified atom stereocenters. The third-order valence-corrected chi connectivity index (χ3v) is 8.67. The molecule has 0 aromatic carbocycles. The Morgan fingerprint density at radius 1 is 0.833 bits per heavy atom. The molecule has 0 bridgehead atoms. The van der Waals surface area contributed by atoms with E-state index < -0.39 is 43.9 Å². The Hall–Kier alpha value is -0.000130. The molecular formula is C23H47B2O10P. The lowest BCUT2D eigenvalue weighted by Gasteiger charge is -2.33. The van der Waals surface area contributed by atoms with Gasteiger partial charge in [0.2, 0.25) is 0 Å². The first-order chi connectivity index (χ1) is 16.7. The van der Waals surface area contributed by atoms with E-state index in [9.17, 15) is 9.46 Å². The quantitative estimate of drug-likeness (QED) is 0.244. The van der Waals surface area contributed by atoms with E-state index in [2.05, 4.69) is 13.8 Å². The summed E-state index contributed by atoms with van der Waals surface area (Å²) >= 11 is 0. The van der Waals surface area contributed by atoms with Crippen molar-refractivity contribution in [2.45, 2.75) is 121 Å². The zero-order valence-electron chi connectivity index (χ0n) is 23.7. The molecule has 210 valence electrons. The van der Waals surface area contributed by atoms with Gasteiger partial charge in [0.05, 0.1) is 36.4 Å². The lowest BCUT2D eigenvalue weighted by molar-refractivity contribution is -0.134. The number of hydrogen-bond acceptors (Lipinski definition) is 9. The van der Waals surface area contributed by atoms with Crippen molar-refractivity contribution in [2.75, 3.05) is 27.4 Å². The van der Waals surface area contributed by atoms with Gasteiger partial charge in [-0.25, -0.2) is 4.57 Å². The van der Waals surface area contributed by atoms with Crippen LogP contribution in [0.2, 0.25) is 0 Å². The minimum absolute atomic E-state index is 0.200. The summed E-state index contributed by atoms with van der Waals surface area (Å²) in [5, 5.41) is 0. The molecule has 2 aliphatic heterocycles. The van der Waals surface area contributed by atoms with Gasteiger partial charge in [0.1, 0.15) is 52.3 Å². The first-order valence-electron chi connectivity index (χ1n) is 13.1. The average molecular weight is 536 g/mol. The van der Waals surface area contributed by atoms with Crippen LogP contribution in [0.15, 0.2) is 0 Å². The maximum absolute atomic E-state index is 13.1. The van der Waals surface area contributed by atoms with Crippen molar-refractivity contribution in [1.82, 2.24) is 0 Å². The van der Waals surface area contributed by atoms with Crippen LogP contribution in [-0.2, 0) is 42.0 Å². The summed E-state index contributed by atoms with van der Waals surface area (Å²) in [6.45, 7) is 12.1. The van der Waals surface area contributed by atoms with Crippen LogP contribution in [-0.4, -0.2) is 108 Å². The Morgan fingerprint density at radius 3 is 1.81 bits per heavy atom. The van der Waals surface area contributed by atoms with Gasteiger partial charge < -0.3 is 33.3 Å². The molecule has 2 heterocycles. The van der Waals surface area contributed by atoms with Crippen LogP contribution in [0.1, 0.15) is 60.8 Å². The van der Waals surface area contributed by atoms with Gasteiger partial charge >= 0.3 is 7.82 Å².